The van der Waals surface area contributed by atoms with Gasteiger partial charge in [-0.2, -0.15) is 5.26 Å². The van der Waals surface area contributed by atoms with E-state index in [4.69, 9.17) is 9.47 Å². The van der Waals surface area contributed by atoms with Gasteiger partial charge in [-0.15, -0.1) is 0 Å². The first kappa shape index (κ1) is 23.0. The van der Waals surface area contributed by atoms with Crippen LogP contribution in [0.4, 0.5) is 10.1 Å². The average molecular weight is 495 g/mol. The first-order chi connectivity index (χ1) is 15.4. The van der Waals surface area contributed by atoms with E-state index in [-0.39, 0.29) is 18.0 Å². The maximum Gasteiger partial charge on any atom is 0.266 e. The van der Waals surface area contributed by atoms with Crippen molar-refractivity contribution in [2.75, 3.05) is 12.4 Å². The quantitative estimate of drug-likeness (QED) is 0.321. The molecule has 1 amide bonds. The van der Waals surface area contributed by atoms with Crippen LogP contribution in [0.5, 0.6) is 11.5 Å². The Labute approximate surface area is 194 Å². The number of nitrogens with one attached hydrogen (secondary N) is 1. The molecule has 0 aliphatic carbocycles. The molecule has 0 saturated carbocycles. The molecule has 0 bridgehead atoms. The molecule has 5 nitrogen and oxygen atoms in total. The van der Waals surface area contributed by atoms with Crippen LogP contribution >= 0.6 is 15.9 Å². The molecule has 7 heteroatoms. The summed E-state index contributed by atoms with van der Waals surface area (Å²) in [5, 5.41) is 12.3. The highest BCUT2D eigenvalue weighted by Gasteiger charge is 2.15. The molecule has 0 atom stereocenters. The topological polar surface area (TPSA) is 71.3 Å². The minimum absolute atomic E-state index is 0.0596. The molecule has 0 aliphatic rings. The Morgan fingerprint density at radius 1 is 1.19 bits per heavy atom. The molecule has 162 valence electrons. The molecule has 32 heavy (non-hydrogen) atoms. The van der Waals surface area contributed by atoms with Crippen molar-refractivity contribution in [1.82, 2.24) is 0 Å². The van der Waals surface area contributed by atoms with Crippen molar-refractivity contribution in [3.05, 3.63) is 93.2 Å². The van der Waals surface area contributed by atoms with Crippen LogP contribution in [0.15, 0.2) is 70.7 Å². The van der Waals surface area contributed by atoms with Gasteiger partial charge in [0.25, 0.3) is 5.91 Å². The Morgan fingerprint density at radius 2 is 1.97 bits per heavy atom. The van der Waals surface area contributed by atoms with Crippen LogP contribution in [0, 0.1) is 24.1 Å². The van der Waals surface area contributed by atoms with Crippen molar-refractivity contribution in [2.24, 2.45) is 0 Å². The minimum Gasteiger partial charge on any atom is -0.493 e. The zero-order valence-corrected chi connectivity index (χ0v) is 19.1. The molecule has 0 spiro atoms. The van der Waals surface area contributed by atoms with Crippen LogP contribution in [-0.4, -0.2) is 13.0 Å². The van der Waals surface area contributed by atoms with Crippen LogP contribution in [0.1, 0.15) is 16.7 Å². The molecule has 3 aromatic rings. The summed E-state index contributed by atoms with van der Waals surface area (Å²) in [5.74, 6) is -0.0237. The molecule has 3 rings (SSSR count). The zero-order chi connectivity index (χ0) is 23.1. The largest absolute Gasteiger partial charge is 0.493 e. The van der Waals surface area contributed by atoms with Gasteiger partial charge in [-0.1, -0.05) is 30.3 Å². The molecule has 3 aromatic carbocycles. The molecule has 0 aliphatic heterocycles. The van der Waals surface area contributed by atoms with E-state index >= 15 is 0 Å². The van der Waals surface area contributed by atoms with E-state index in [1.54, 1.807) is 30.3 Å². The van der Waals surface area contributed by atoms with Crippen molar-refractivity contribution in [1.29, 1.82) is 5.26 Å². The van der Waals surface area contributed by atoms with Crippen LogP contribution in [0.3, 0.4) is 0 Å². The second-order valence-electron chi connectivity index (χ2n) is 6.89. The van der Waals surface area contributed by atoms with E-state index in [0.717, 1.165) is 5.56 Å². The molecule has 0 heterocycles. The summed E-state index contributed by atoms with van der Waals surface area (Å²) in [5.41, 5.74) is 2.71. The third-order valence-corrected chi connectivity index (χ3v) is 5.18. The Kier molecular flexibility index (Phi) is 7.63. The van der Waals surface area contributed by atoms with E-state index in [1.807, 2.05) is 31.2 Å². The normalized spacial score (nSPS) is 10.9. The highest BCUT2D eigenvalue weighted by molar-refractivity contribution is 9.10. The maximum absolute atomic E-state index is 13.4. The summed E-state index contributed by atoms with van der Waals surface area (Å²) in [6.45, 7) is 2.01. The number of rotatable bonds is 7. The molecule has 0 radical (unpaired) electrons. The van der Waals surface area contributed by atoms with Crippen molar-refractivity contribution in [2.45, 2.75) is 13.5 Å². The van der Waals surface area contributed by atoms with Gasteiger partial charge in [0.1, 0.15) is 24.1 Å². The molecular weight excluding hydrogens is 475 g/mol. The second-order valence-corrected chi connectivity index (χ2v) is 7.75. The fourth-order valence-corrected chi connectivity index (χ4v) is 3.54. The molecule has 0 unspecified atom stereocenters. The number of ether oxygens (including phenoxy) is 2. The lowest BCUT2D eigenvalue weighted by atomic mass is 10.1. The molecule has 0 saturated heterocycles. The van der Waals surface area contributed by atoms with Gasteiger partial charge in [-0.25, -0.2) is 4.39 Å². The number of carbonyl (C=O) groups excluding carboxylic acids is 1. The van der Waals surface area contributed by atoms with Crippen molar-refractivity contribution in [3.8, 4) is 17.6 Å². The molecular formula is C25H20BrFN2O3. The highest BCUT2D eigenvalue weighted by atomic mass is 79.9. The van der Waals surface area contributed by atoms with Crippen LogP contribution in [0.2, 0.25) is 0 Å². The van der Waals surface area contributed by atoms with Crippen molar-refractivity contribution >= 4 is 33.6 Å². The number of halogens is 2. The van der Waals surface area contributed by atoms with Gasteiger partial charge in [0.15, 0.2) is 11.5 Å². The van der Waals surface area contributed by atoms with E-state index in [9.17, 15) is 14.4 Å². The summed E-state index contributed by atoms with van der Waals surface area (Å²) in [4.78, 5) is 12.6. The summed E-state index contributed by atoms with van der Waals surface area (Å²) < 4.78 is 25.2. The number of aryl methyl sites for hydroxylation is 1. The standard InChI is InChI=1S/C25H20BrFN2O3/c1-16-6-3-4-9-22(16)29-25(30)19(14-28)10-18-12-21(26)24(23(13-18)31-2)32-15-17-7-5-8-20(27)11-17/h3-13H,15H2,1-2H3,(H,29,30)/b19-10-. The Morgan fingerprint density at radius 3 is 2.66 bits per heavy atom. The Balaban J connectivity index is 1.83. The number of para-hydroxylation sites is 1. The predicted octanol–water partition coefficient (Wildman–Crippen LogP) is 6.03. The monoisotopic (exact) mass is 494 g/mol. The molecule has 0 fully saturated rings. The first-order valence-electron chi connectivity index (χ1n) is 9.65. The average Bonchev–Trinajstić information content (AvgIpc) is 2.77. The number of amides is 1. The zero-order valence-electron chi connectivity index (χ0n) is 17.5. The van der Waals surface area contributed by atoms with Crippen molar-refractivity contribution < 1.29 is 18.7 Å². The highest BCUT2D eigenvalue weighted by Crippen LogP contribution is 2.38. The first-order valence-corrected chi connectivity index (χ1v) is 10.4. The Bertz CT molecular complexity index is 1220. The summed E-state index contributed by atoms with van der Waals surface area (Å²) >= 11 is 3.45. The van der Waals surface area contributed by atoms with Gasteiger partial charge in [0.2, 0.25) is 0 Å². The van der Waals surface area contributed by atoms with Gasteiger partial charge >= 0.3 is 0 Å². The number of anilines is 1. The van der Waals surface area contributed by atoms with Gasteiger partial charge in [-0.3, -0.25) is 4.79 Å². The number of carbonyl (C=O) groups is 1. The van der Waals surface area contributed by atoms with Gasteiger partial charge in [0.05, 0.1) is 11.6 Å². The lowest BCUT2D eigenvalue weighted by Crippen LogP contribution is -2.14. The number of hydrogen-bond acceptors (Lipinski definition) is 4. The lowest BCUT2D eigenvalue weighted by molar-refractivity contribution is -0.112. The molecule has 0 aromatic heterocycles. The summed E-state index contributed by atoms with van der Waals surface area (Å²) in [7, 11) is 1.49. The fourth-order valence-electron chi connectivity index (χ4n) is 2.96. The third kappa shape index (κ3) is 5.74. The van der Waals surface area contributed by atoms with E-state index in [1.165, 1.54) is 25.3 Å². The Hall–Kier alpha value is -3.63. The number of hydrogen-bond donors (Lipinski definition) is 1. The van der Waals surface area contributed by atoms with Gasteiger partial charge < -0.3 is 14.8 Å². The number of nitriles is 1. The molecule has 1 N–H and O–H groups in total. The maximum atomic E-state index is 13.4. The summed E-state index contributed by atoms with van der Waals surface area (Å²) in [6.07, 6.45) is 1.47. The van der Waals surface area contributed by atoms with Crippen LogP contribution < -0.4 is 14.8 Å². The van der Waals surface area contributed by atoms with Crippen LogP contribution in [0.25, 0.3) is 6.08 Å². The van der Waals surface area contributed by atoms with Crippen LogP contribution in [-0.2, 0) is 11.4 Å². The number of nitrogens with zero attached hydrogens (tertiary/aromatic N) is 1. The van der Waals surface area contributed by atoms with E-state index < -0.39 is 5.91 Å². The van der Waals surface area contributed by atoms with Gasteiger partial charge in [0, 0.05) is 5.69 Å². The van der Waals surface area contributed by atoms with E-state index in [0.29, 0.717) is 32.8 Å². The second kappa shape index (κ2) is 10.6. The van der Waals surface area contributed by atoms with Gasteiger partial charge in [-0.05, 0) is 76.0 Å². The number of methoxy groups -OCH3 is 1. The minimum atomic E-state index is -0.511. The lowest BCUT2D eigenvalue weighted by Gasteiger charge is -2.14. The number of benzene rings is 3. The fraction of sp³-hybridized carbons (Fsp3) is 0.120. The van der Waals surface area contributed by atoms with Crippen molar-refractivity contribution in [3.63, 3.8) is 0 Å². The smallest absolute Gasteiger partial charge is 0.266 e. The third-order valence-electron chi connectivity index (χ3n) is 4.59. The van der Waals surface area contributed by atoms with E-state index in [2.05, 4.69) is 21.2 Å². The SMILES string of the molecule is COc1cc(/C=C(/C#N)C(=O)Nc2ccccc2C)cc(Br)c1OCc1cccc(F)c1. The predicted molar refractivity (Wildman–Crippen MR) is 125 cm³/mol. The summed E-state index contributed by atoms with van der Waals surface area (Å²) in [6, 6.07) is 18.7.